The van der Waals surface area contributed by atoms with Crippen molar-refractivity contribution in [1.29, 1.82) is 5.26 Å². The molecule has 2 aliphatic rings. The molecule has 2 fully saturated rings. The van der Waals surface area contributed by atoms with Crippen molar-refractivity contribution in [2.45, 2.75) is 12.8 Å². The minimum atomic E-state index is -0.104. The van der Waals surface area contributed by atoms with Gasteiger partial charge in [0.25, 0.3) is 5.91 Å². The number of hydrogen-bond acceptors (Lipinski definition) is 5. The number of aromatic amines is 1. The number of benzene rings is 1. The summed E-state index contributed by atoms with van der Waals surface area (Å²) in [5, 5.41) is 15.9. The third-order valence-electron chi connectivity index (χ3n) is 5.46. The Balaban J connectivity index is 1.55. The van der Waals surface area contributed by atoms with Crippen molar-refractivity contribution in [1.82, 2.24) is 15.1 Å². The Hall–Kier alpha value is -2.85. The molecule has 2 aromatic rings. The number of ether oxygens (including phenoxy) is 1. The summed E-state index contributed by atoms with van der Waals surface area (Å²) < 4.78 is 5.95. The lowest BCUT2D eigenvalue weighted by molar-refractivity contribution is 0.0133. The standard InChI is InChI=1S/C20H23N5O2/c21-12-16-3-1-4-17(11-16)24-9-10-27-15-20(13-24)6-2-8-25(14-20)19(26)18-5-7-22-23-18/h1,3-5,7,11H,2,6,8-10,13-15H2,(H,22,23). The topological polar surface area (TPSA) is 85.2 Å². The van der Waals surface area contributed by atoms with Crippen molar-refractivity contribution in [2.24, 2.45) is 5.41 Å². The van der Waals surface area contributed by atoms with Gasteiger partial charge in [0.1, 0.15) is 5.69 Å². The number of nitrogens with one attached hydrogen (secondary N) is 1. The van der Waals surface area contributed by atoms with Crippen LogP contribution in [0.2, 0.25) is 0 Å². The van der Waals surface area contributed by atoms with Gasteiger partial charge in [0.2, 0.25) is 0 Å². The second-order valence-corrected chi connectivity index (χ2v) is 7.44. The fourth-order valence-corrected chi connectivity index (χ4v) is 4.16. The van der Waals surface area contributed by atoms with Crippen LogP contribution in [-0.4, -0.2) is 60.4 Å². The number of likely N-dealkylation sites (tertiary alicyclic amines) is 1. The lowest BCUT2D eigenvalue weighted by Crippen LogP contribution is -2.52. The van der Waals surface area contributed by atoms with Crippen molar-refractivity contribution in [2.75, 3.05) is 44.3 Å². The second-order valence-electron chi connectivity index (χ2n) is 7.44. The maximum atomic E-state index is 12.8. The second kappa shape index (κ2) is 7.41. The van der Waals surface area contributed by atoms with E-state index in [1.165, 1.54) is 0 Å². The summed E-state index contributed by atoms with van der Waals surface area (Å²) in [5.74, 6) is -0.00569. The van der Waals surface area contributed by atoms with E-state index in [1.807, 2.05) is 29.2 Å². The summed E-state index contributed by atoms with van der Waals surface area (Å²) >= 11 is 0. The van der Waals surface area contributed by atoms with Crippen LogP contribution in [0.15, 0.2) is 36.5 Å². The zero-order valence-electron chi connectivity index (χ0n) is 15.2. The summed E-state index contributed by atoms with van der Waals surface area (Å²) in [4.78, 5) is 17.0. The van der Waals surface area contributed by atoms with E-state index in [4.69, 9.17) is 4.74 Å². The molecule has 2 aliphatic heterocycles. The number of anilines is 1. The van der Waals surface area contributed by atoms with Crippen LogP contribution in [0.25, 0.3) is 0 Å². The van der Waals surface area contributed by atoms with E-state index < -0.39 is 0 Å². The lowest BCUT2D eigenvalue weighted by Gasteiger charge is -2.43. The number of hydrogen-bond donors (Lipinski definition) is 1. The van der Waals surface area contributed by atoms with Crippen LogP contribution < -0.4 is 4.90 Å². The van der Waals surface area contributed by atoms with Crippen LogP contribution in [0.4, 0.5) is 5.69 Å². The number of carbonyl (C=O) groups is 1. The van der Waals surface area contributed by atoms with Gasteiger partial charge >= 0.3 is 0 Å². The minimum absolute atomic E-state index is 0.00569. The molecule has 1 aromatic carbocycles. The van der Waals surface area contributed by atoms with Gasteiger partial charge in [-0.1, -0.05) is 6.07 Å². The Morgan fingerprint density at radius 2 is 2.22 bits per heavy atom. The van der Waals surface area contributed by atoms with Gasteiger partial charge in [-0.2, -0.15) is 10.4 Å². The molecule has 0 saturated carbocycles. The number of piperidine rings is 1. The molecule has 0 bridgehead atoms. The fourth-order valence-electron chi connectivity index (χ4n) is 4.16. The molecule has 1 amide bonds. The molecular formula is C20H23N5O2. The van der Waals surface area contributed by atoms with Gasteiger partial charge in [-0.25, -0.2) is 0 Å². The summed E-state index contributed by atoms with van der Waals surface area (Å²) in [6, 6.07) is 11.6. The highest BCUT2D eigenvalue weighted by Crippen LogP contribution is 2.35. The first-order chi connectivity index (χ1) is 13.2. The van der Waals surface area contributed by atoms with Gasteiger partial charge in [-0.05, 0) is 37.1 Å². The Morgan fingerprint density at radius 3 is 3.04 bits per heavy atom. The predicted octanol–water partition coefficient (Wildman–Crippen LogP) is 2.04. The summed E-state index contributed by atoms with van der Waals surface area (Å²) in [6.45, 7) is 4.31. The zero-order chi connectivity index (χ0) is 18.7. The third kappa shape index (κ3) is 3.67. The molecule has 1 atom stereocenters. The first-order valence-corrected chi connectivity index (χ1v) is 9.31. The largest absolute Gasteiger partial charge is 0.379 e. The van der Waals surface area contributed by atoms with E-state index in [1.54, 1.807) is 12.3 Å². The highest BCUT2D eigenvalue weighted by Gasteiger charge is 2.40. The highest BCUT2D eigenvalue weighted by molar-refractivity contribution is 5.92. The van der Waals surface area contributed by atoms with Crippen molar-refractivity contribution < 1.29 is 9.53 Å². The normalized spacial score (nSPS) is 23.1. The van der Waals surface area contributed by atoms with Gasteiger partial charge in [-0.3, -0.25) is 9.89 Å². The number of nitrogens with zero attached hydrogens (tertiary/aromatic N) is 4. The summed E-state index contributed by atoms with van der Waals surface area (Å²) in [7, 11) is 0. The molecule has 7 heteroatoms. The Kier molecular flexibility index (Phi) is 4.82. The summed E-state index contributed by atoms with van der Waals surface area (Å²) in [6.07, 6.45) is 3.58. The predicted molar refractivity (Wildman–Crippen MR) is 100 cm³/mol. The number of amides is 1. The van der Waals surface area contributed by atoms with Crippen LogP contribution in [0.1, 0.15) is 28.9 Å². The van der Waals surface area contributed by atoms with Gasteiger partial charge in [0.05, 0.1) is 24.8 Å². The average Bonchev–Trinajstić information content (AvgIpc) is 3.17. The molecule has 1 spiro atoms. The molecule has 1 aromatic heterocycles. The average molecular weight is 365 g/mol. The maximum absolute atomic E-state index is 12.8. The molecule has 3 heterocycles. The lowest BCUT2D eigenvalue weighted by atomic mass is 9.80. The third-order valence-corrected chi connectivity index (χ3v) is 5.46. The van der Waals surface area contributed by atoms with Crippen LogP contribution in [-0.2, 0) is 4.74 Å². The Morgan fingerprint density at radius 1 is 1.30 bits per heavy atom. The summed E-state index contributed by atoms with van der Waals surface area (Å²) in [5.41, 5.74) is 2.12. The van der Waals surface area contributed by atoms with E-state index in [0.717, 1.165) is 38.2 Å². The molecule has 2 saturated heterocycles. The van der Waals surface area contributed by atoms with Crippen LogP contribution in [0.5, 0.6) is 0 Å². The smallest absolute Gasteiger partial charge is 0.271 e. The monoisotopic (exact) mass is 365 g/mol. The van der Waals surface area contributed by atoms with Gasteiger partial charge in [0.15, 0.2) is 0 Å². The van der Waals surface area contributed by atoms with Crippen LogP contribution in [0, 0.1) is 16.7 Å². The number of rotatable bonds is 2. The van der Waals surface area contributed by atoms with E-state index in [0.29, 0.717) is 31.0 Å². The van der Waals surface area contributed by atoms with E-state index in [2.05, 4.69) is 21.2 Å². The molecule has 27 heavy (non-hydrogen) atoms. The molecule has 0 radical (unpaired) electrons. The van der Waals surface area contributed by atoms with E-state index in [9.17, 15) is 10.1 Å². The minimum Gasteiger partial charge on any atom is -0.379 e. The van der Waals surface area contributed by atoms with Crippen molar-refractivity contribution in [3.63, 3.8) is 0 Å². The van der Waals surface area contributed by atoms with E-state index in [-0.39, 0.29) is 11.3 Å². The quantitative estimate of drug-likeness (QED) is 0.880. The molecular weight excluding hydrogens is 342 g/mol. The number of carbonyl (C=O) groups excluding carboxylic acids is 1. The van der Waals surface area contributed by atoms with Gasteiger partial charge in [0, 0.05) is 43.5 Å². The molecule has 1 unspecified atom stereocenters. The molecule has 7 nitrogen and oxygen atoms in total. The SMILES string of the molecule is N#Cc1cccc(N2CCOCC3(CCCN(C(=O)c4ccn[nH]4)C3)C2)c1. The van der Waals surface area contributed by atoms with Crippen LogP contribution in [0.3, 0.4) is 0 Å². The highest BCUT2D eigenvalue weighted by atomic mass is 16.5. The zero-order valence-corrected chi connectivity index (χ0v) is 15.2. The van der Waals surface area contributed by atoms with Gasteiger partial charge < -0.3 is 14.5 Å². The maximum Gasteiger partial charge on any atom is 0.271 e. The Bertz CT molecular complexity index is 844. The molecule has 140 valence electrons. The number of nitriles is 1. The number of aromatic nitrogens is 2. The Labute approximate surface area is 158 Å². The van der Waals surface area contributed by atoms with E-state index >= 15 is 0 Å². The number of H-pyrrole nitrogens is 1. The molecule has 1 N–H and O–H groups in total. The fraction of sp³-hybridized carbons (Fsp3) is 0.450. The molecule has 0 aliphatic carbocycles. The first kappa shape index (κ1) is 17.6. The van der Waals surface area contributed by atoms with Crippen molar-refractivity contribution in [3.8, 4) is 6.07 Å². The van der Waals surface area contributed by atoms with Crippen molar-refractivity contribution >= 4 is 11.6 Å². The van der Waals surface area contributed by atoms with Crippen LogP contribution >= 0.6 is 0 Å². The first-order valence-electron chi connectivity index (χ1n) is 9.31. The molecule has 4 rings (SSSR count). The van der Waals surface area contributed by atoms with Crippen molar-refractivity contribution in [3.05, 3.63) is 47.8 Å². The van der Waals surface area contributed by atoms with Gasteiger partial charge in [-0.15, -0.1) is 0 Å².